The molecule has 14 heavy (non-hydrogen) atoms. The van der Waals surface area contributed by atoms with Crippen molar-refractivity contribution >= 4 is 0 Å². The molecule has 0 unspecified atom stereocenters. The summed E-state index contributed by atoms with van der Waals surface area (Å²) in [7, 11) is 0. The van der Waals surface area contributed by atoms with Crippen LogP contribution in [0, 0.1) is 0 Å². The van der Waals surface area contributed by atoms with Gasteiger partial charge in [0.2, 0.25) is 0 Å². The zero-order valence-electron chi connectivity index (χ0n) is 9.93. The second kappa shape index (κ2) is 8.28. The van der Waals surface area contributed by atoms with Gasteiger partial charge < -0.3 is 4.90 Å². The first-order valence-corrected chi connectivity index (χ1v) is 6.66. The van der Waals surface area contributed by atoms with Gasteiger partial charge in [-0.1, -0.05) is 51.9 Å². The van der Waals surface area contributed by atoms with Gasteiger partial charge in [0.25, 0.3) is 0 Å². The van der Waals surface area contributed by atoms with Crippen molar-refractivity contribution < 1.29 is 0 Å². The molecule has 0 spiro atoms. The summed E-state index contributed by atoms with van der Waals surface area (Å²) < 4.78 is 0. The molecule has 1 rings (SSSR count). The molecule has 1 heterocycles. The molecule has 1 nitrogen and oxygen atoms in total. The van der Waals surface area contributed by atoms with Gasteiger partial charge in [0.15, 0.2) is 0 Å². The average molecular weight is 197 g/mol. The Hall–Kier alpha value is -0.0400. The molecule has 0 atom stereocenters. The van der Waals surface area contributed by atoms with Crippen LogP contribution in [0.25, 0.3) is 0 Å². The summed E-state index contributed by atoms with van der Waals surface area (Å²) in [6.07, 6.45) is 13.1. The van der Waals surface area contributed by atoms with Crippen molar-refractivity contribution in [3.05, 3.63) is 0 Å². The van der Waals surface area contributed by atoms with Gasteiger partial charge in [-0.05, 0) is 32.5 Å². The van der Waals surface area contributed by atoms with Crippen LogP contribution < -0.4 is 0 Å². The molecule has 84 valence electrons. The van der Waals surface area contributed by atoms with E-state index in [1.165, 1.54) is 77.4 Å². The molecule has 0 N–H and O–H groups in total. The van der Waals surface area contributed by atoms with Crippen molar-refractivity contribution in [1.29, 1.82) is 0 Å². The van der Waals surface area contributed by atoms with Gasteiger partial charge in [0, 0.05) is 0 Å². The highest BCUT2D eigenvalue weighted by Crippen LogP contribution is 2.12. The van der Waals surface area contributed by atoms with Crippen molar-refractivity contribution in [1.82, 2.24) is 4.90 Å². The first kappa shape index (κ1) is 12.0. The van der Waals surface area contributed by atoms with E-state index in [1.807, 2.05) is 0 Å². The van der Waals surface area contributed by atoms with Crippen molar-refractivity contribution in [3.63, 3.8) is 0 Å². The third-order valence-corrected chi connectivity index (χ3v) is 3.40. The average Bonchev–Trinajstić information content (AvgIpc) is 2.19. The molecule has 0 bridgehead atoms. The van der Waals surface area contributed by atoms with Crippen molar-refractivity contribution in [2.24, 2.45) is 0 Å². The van der Waals surface area contributed by atoms with Crippen molar-refractivity contribution in [3.8, 4) is 0 Å². The number of nitrogens with zero attached hydrogens (tertiary/aromatic N) is 1. The van der Waals surface area contributed by atoms with E-state index in [1.54, 1.807) is 0 Å². The smallest absolute Gasteiger partial charge is 0.00189 e. The fourth-order valence-electron chi connectivity index (χ4n) is 2.34. The lowest BCUT2D eigenvalue weighted by atomic mass is 10.1. The Kier molecular flexibility index (Phi) is 7.12. The summed E-state index contributed by atoms with van der Waals surface area (Å²) in [4.78, 5) is 2.63. The second-order valence-corrected chi connectivity index (χ2v) is 4.62. The molecule has 0 amide bonds. The summed E-state index contributed by atoms with van der Waals surface area (Å²) in [5.74, 6) is 0. The molecule has 1 aliphatic rings. The predicted octanol–water partition coefficient (Wildman–Crippen LogP) is 3.83. The molecule has 0 radical (unpaired) electrons. The standard InChI is InChI=1S/C13H27N/c1-2-14-12-10-8-6-4-3-5-7-9-11-13-14/h2-13H2,1H3. The molecule has 1 saturated heterocycles. The van der Waals surface area contributed by atoms with Crippen LogP contribution in [0.3, 0.4) is 0 Å². The highest BCUT2D eigenvalue weighted by atomic mass is 15.1. The minimum atomic E-state index is 1.25. The summed E-state index contributed by atoms with van der Waals surface area (Å²) in [6, 6.07) is 0. The maximum atomic E-state index is 2.63. The van der Waals surface area contributed by atoms with Crippen LogP contribution >= 0.6 is 0 Å². The Morgan fingerprint density at radius 1 is 0.643 bits per heavy atom. The lowest BCUT2D eigenvalue weighted by Crippen LogP contribution is -2.25. The molecule has 1 aliphatic heterocycles. The predicted molar refractivity (Wildman–Crippen MR) is 63.7 cm³/mol. The van der Waals surface area contributed by atoms with Gasteiger partial charge in [0.1, 0.15) is 0 Å². The molecular weight excluding hydrogens is 170 g/mol. The lowest BCUT2D eigenvalue weighted by Gasteiger charge is -2.20. The molecular formula is C13H27N. The SMILES string of the molecule is CCN1CCCCCCCCCCC1. The lowest BCUT2D eigenvalue weighted by molar-refractivity contribution is 0.271. The second-order valence-electron chi connectivity index (χ2n) is 4.62. The quantitative estimate of drug-likeness (QED) is 0.617. The molecule has 0 aromatic heterocycles. The monoisotopic (exact) mass is 197 g/mol. The third-order valence-electron chi connectivity index (χ3n) is 3.40. The minimum Gasteiger partial charge on any atom is -0.304 e. The van der Waals surface area contributed by atoms with E-state index < -0.39 is 0 Å². The first-order valence-electron chi connectivity index (χ1n) is 6.66. The number of hydrogen-bond donors (Lipinski definition) is 0. The third kappa shape index (κ3) is 5.64. The van der Waals surface area contributed by atoms with Crippen LogP contribution in [0.1, 0.15) is 64.7 Å². The molecule has 0 aromatic rings. The van der Waals surface area contributed by atoms with Crippen LogP contribution in [-0.2, 0) is 0 Å². The first-order chi connectivity index (χ1) is 6.93. The number of rotatable bonds is 1. The zero-order chi connectivity index (χ0) is 10.1. The van der Waals surface area contributed by atoms with Gasteiger partial charge in [-0.2, -0.15) is 0 Å². The van der Waals surface area contributed by atoms with E-state index in [2.05, 4.69) is 11.8 Å². The molecule has 1 heteroatoms. The molecule has 0 saturated carbocycles. The van der Waals surface area contributed by atoms with Gasteiger partial charge in [0.05, 0.1) is 0 Å². The Labute approximate surface area is 89.9 Å². The summed E-state index contributed by atoms with van der Waals surface area (Å²) >= 11 is 0. The van der Waals surface area contributed by atoms with Gasteiger partial charge in [-0.25, -0.2) is 0 Å². The summed E-state index contributed by atoms with van der Waals surface area (Å²) in [6.45, 7) is 6.23. The van der Waals surface area contributed by atoms with Gasteiger partial charge in [-0.15, -0.1) is 0 Å². The fourth-order valence-corrected chi connectivity index (χ4v) is 2.34. The Bertz CT molecular complexity index is 110. The van der Waals surface area contributed by atoms with E-state index in [-0.39, 0.29) is 0 Å². The van der Waals surface area contributed by atoms with E-state index >= 15 is 0 Å². The maximum Gasteiger partial charge on any atom is -0.00189 e. The van der Waals surface area contributed by atoms with E-state index in [0.717, 1.165) is 0 Å². The molecule has 0 aromatic carbocycles. The van der Waals surface area contributed by atoms with Crippen LogP contribution in [0.15, 0.2) is 0 Å². The largest absolute Gasteiger partial charge is 0.304 e. The minimum absolute atomic E-state index is 1.25. The topological polar surface area (TPSA) is 3.24 Å². The summed E-state index contributed by atoms with van der Waals surface area (Å²) in [5, 5.41) is 0. The highest BCUT2D eigenvalue weighted by molar-refractivity contribution is 4.58. The van der Waals surface area contributed by atoms with Crippen molar-refractivity contribution in [2.45, 2.75) is 64.7 Å². The Morgan fingerprint density at radius 2 is 1.00 bits per heavy atom. The normalized spacial score (nSPS) is 23.8. The van der Waals surface area contributed by atoms with Crippen LogP contribution in [0.2, 0.25) is 0 Å². The highest BCUT2D eigenvalue weighted by Gasteiger charge is 2.02. The summed E-state index contributed by atoms with van der Waals surface area (Å²) in [5.41, 5.74) is 0. The molecule has 1 fully saturated rings. The number of hydrogen-bond acceptors (Lipinski definition) is 1. The molecule has 0 aliphatic carbocycles. The Balaban J connectivity index is 2.17. The van der Waals surface area contributed by atoms with Gasteiger partial charge in [-0.3, -0.25) is 0 Å². The fraction of sp³-hybridized carbons (Fsp3) is 1.00. The zero-order valence-corrected chi connectivity index (χ0v) is 9.93. The maximum absolute atomic E-state index is 2.63. The van der Waals surface area contributed by atoms with E-state index in [0.29, 0.717) is 0 Å². The Morgan fingerprint density at radius 3 is 1.36 bits per heavy atom. The van der Waals surface area contributed by atoms with Crippen LogP contribution in [0.5, 0.6) is 0 Å². The van der Waals surface area contributed by atoms with Crippen LogP contribution in [0.4, 0.5) is 0 Å². The van der Waals surface area contributed by atoms with E-state index in [9.17, 15) is 0 Å². The van der Waals surface area contributed by atoms with Crippen LogP contribution in [-0.4, -0.2) is 24.5 Å². The van der Waals surface area contributed by atoms with Crippen molar-refractivity contribution in [2.75, 3.05) is 19.6 Å². The van der Waals surface area contributed by atoms with E-state index in [4.69, 9.17) is 0 Å². The van der Waals surface area contributed by atoms with Gasteiger partial charge >= 0.3 is 0 Å².